The van der Waals surface area contributed by atoms with Gasteiger partial charge in [0, 0.05) is 18.5 Å². The minimum atomic E-state index is 0.107. The Balaban J connectivity index is 2.15. The van der Waals surface area contributed by atoms with E-state index >= 15 is 0 Å². The van der Waals surface area contributed by atoms with Gasteiger partial charge in [-0.05, 0) is 31.9 Å². The lowest BCUT2D eigenvalue weighted by Crippen LogP contribution is -2.88. The van der Waals surface area contributed by atoms with Crippen LogP contribution in [0.2, 0.25) is 0 Å². The van der Waals surface area contributed by atoms with Crippen LogP contribution in [0.4, 0.5) is 5.69 Å². The Morgan fingerprint density at radius 2 is 1.94 bits per heavy atom. The molecule has 17 heavy (non-hydrogen) atoms. The summed E-state index contributed by atoms with van der Waals surface area (Å²) in [6, 6.07) is 4.33. The van der Waals surface area contributed by atoms with E-state index in [1.54, 1.807) is 0 Å². The minimum Gasteiger partial charge on any atom is -0.336 e. The fraction of sp³-hybridized carbons (Fsp3) is 0.500. The van der Waals surface area contributed by atoms with Gasteiger partial charge in [-0.25, -0.2) is 0 Å². The third kappa shape index (κ3) is 2.67. The lowest BCUT2D eigenvalue weighted by Gasteiger charge is -2.14. The second-order valence-corrected chi connectivity index (χ2v) is 5.04. The summed E-state index contributed by atoms with van der Waals surface area (Å²) in [5.41, 5.74) is 4.52. The SMILES string of the molecule is Cc1cc(C)c(NC(=O)[C@H]2CCC[NH2+]2)c(C)c1. The summed E-state index contributed by atoms with van der Waals surface area (Å²) in [5.74, 6) is 0.151. The molecule has 3 N–H and O–H groups in total. The van der Waals surface area contributed by atoms with Gasteiger partial charge in [0.25, 0.3) is 5.91 Å². The van der Waals surface area contributed by atoms with Crippen LogP contribution in [0.3, 0.4) is 0 Å². The molecule has 1 saturated heterocycles. The zero-order valence-electron chi connectivity index (χ0n) is 10.8. The van der Waals surface area contributed by atoms with Crippen molar-refractivity contribution in [2.75, 3.05) is 11.9 Å². The molecular formula is C14H21N2O+. The lowest BCUT2D eigenvalue weighted by atomic mass is 10.0. The third-order valence-electron chi connectivity index (χ3n) is 3.43. The average molecular weight is 233 g/mol. The highest BCUT2D eigenvalue weighted by Crippen LogP contribution is 2.22. The first-order chi connectivity index (χ1) is 8.08. The highest BCUT2D eigenvalue weighted by molar-refractivity contribution is 5.95. The van der Waals surface area contributed by atoms with Gasteiger partial charge in [0.2, 0.25) is 0 Å². The standard InChI is InChI=1S/C14H20N2O/c1-9-7-10(2)13(11(3)8-9)16-14(17)12-5-4-6-15-12/h7-8,12,15H,4-6H2,1-3H3,(H,16,17)/p+1/t12-/m1/s1. The number of quaternary nitrogens is 1. The Labute approximate surface area is 103 Å². The van der Waals surface area contributed by atoms with Crippen LogP contribution in [0.5, 0.6) is 0 Å². The highest BCUT2D eigenvalue weighted by Gasteiger charge is 2.26. The topological polar surface area (TPSA) is 45.7 Å². The number of carbonyl (C=O) groups excluding carboxylic acids is 1. The highest BCUT2D eigenvalue weighted by atomic mass is 16.2. The van der Waals surface area contributed by atoms with Gasteiger partial charge in [-0.3, -0.25) is 4.79 Å². The monoisotopic (exact) mass is 233 g/mol. The summed E-state index contributed by atoms with van der Waals surface area (Å²) < 4.78 is 0. The molecule has 1 aromatic carbocycles. The molecule has 1 aromatic rings. The van der Waals surface area contributed by atoms with Crippen molar-refractivity contribution in [3.05, 3.63) is 28.8 Å². The van der Waals surface area contributed by atoms with Crippen LogP contribution in [0.1, 0.15) is 29.5 Å². The van der Waals surface area contributed by atoms with Gasteiger partial charge < -0.3 is 10.6 Å². The summed E-state index contributed by atoms with van der Waals surface area (Å²) >= 11 is 0. The number of aryl methyl sites for hydroxylation is 3. The lowest BCUT2D eigenvalue weighted by molar-refractivity contribution is -0.656. The van der Waals surface area contributed by atoms with Crippen molar-refractivity contribution in [1.82, 2.24) is 0 Å². The van der Waals surface area contributed by atoms with Crippen molar-refractivity contribution in [3.8, 4) is 0 Å². The molecule has 1 amide bonds. The first-order valence-electron chi connectivity index (χ1n) is 6.30. The van der Waals surface area contributed by atoms with Gasteiger partial charge in [-0.2, -0.15) is 0 Å². The van der Waals surface area contributed by atoms with Crippen molar-refractivity contribution < 1.29 is 10.1 Å². The van der Waals surface area contributed by atoms with Gasteiger partial charge in [0.15, 0.2) is 6.04 Å². The Hall–Kier alpha value is -1.35. The molecular weight excluding hydrogens is 212 g/mol. The maximum atomic E-state index is 12.1. The Bertz CT molecular complexity index is 411. The molecule has 0 aliphatic carbocycles. The van der Waals surface area contributed by atoms with E-state index in [1.807, 2.05) is 13.8 Å². The number of amides is 1. The molecule has 0 bridgehead atoms. The number of anilines is 1. The van der Waals surface area contributed by atoms with E-state index in [2.05, 4.69) is 29.7 Å². The molecule has 1 aliphatic heterocycles. The predicted octanol–water partition coefficient (Wildman–Crippen LogP) is 1.28. The van der Waals surface area contributed by atoms with E-state index in [0.717, 1.165) is 36.2 Å². The van der Waals surface area contributed by atoms with Crippen LogP contribution in [0, 0.1) is 20.8 Å². The molecule has 0 unspecified atom stereocenters. The van der Waals surface area contributed by atoms with Crippen molar-refractivity contribution in [3.63, 3.8) is 0 Å². The van der Waals surface area contributed by atoms with Crippen molar-refractivity contribution in [1.29, 1.82) is 0 Å². The number of nitrogens with two attached hydrogens (primary N) is 1. The fourth-order valence-electron chi connectivity index (χ4n) is 2.61. The second-order valence-electron chi connectivity index (χ2n) is 5.04. The number of benzene rings is 1. The summed E-state index contributed by atoms with van der Waals surface area (Å²) in [6.45, 7) is 7.25. The van der Waals surface area contributed by atoms with E-state index in [9.17, 15) is 4.79 Å². The summed E-state index contributed by atoms with van der Waals surface area (Å²) in [7, 11) is 0. The van der Waals surface area contributed by atoms with Crippen LogP contribution in [-0.2, 0) is 4.79 Å². The van der Waals surface area contributed by atoms with Gasteiger partial charge in [-0.1, -0.05) is 17.7 Å². The molecule has 92 valence electrons. The number of nitrogens with one attached hydrogen (secondary N) is 1. The molecule has 1 fully saturated rings. The third-order valence-corrected chi connectivity index (χ3v) is 3.43. The minimum absolute atomic E-state index is 0.107. The van der Waals surface area contributed by atoms with Crippen molar-refractivity contribution in [2.45, 2.75) is 39.7 Å². The Morgan fingerprint density at radius 3 is 2.47 bits per heavy atom. The average Bonchev–Trinajstić information content (AvgIpc) is 2.76. The van der Waals surface area contributed by atoms with Crippen LogP contribution >= 0.6 is 0 Å². The zero-order chi connectivity index (χ0) is 12.4. The predicted molar refractivity (Wildman–Crippen MR) is 69.1 cm³/mol. The van der Waals surface area contributed by atoms with Gasteiger partial charge in [0.1, 0.15) is 0 Å². The molecule has 0 radical (unpaired) electrons. The zero-order valence-corrected chi connectivity index (χ0v) is 10.8. The molecule has 1 atom stereocenters. The molecule has 0 aromatic heterocycles. The van der Waals surface area contributed by atoms with E-state index in [-0.39, 0.29) is 11.9 Å². The second kappa shape index (κ2) is 4.88. The first kappa shape index (κ1) is 12.1. The van der Waals surface area contributed by atoms with E-state index < -0.39 is 0 Å². The van der Waals surface area contributed by atoms with E-state index in [0.29, 0.717) is 0 Å². The number of rotatable bonds is 2. The molecule has 1 aliphatic rings. The number of hydrogen-bond acceptors (Lipinski definition) is 1. The normalized spacial score (nSPS) is 19.4. The van der Waals surface area contributed by atoms with Gasteiger partial charge in [-0.15, -0.1) is 0 Å². The smallest absolute Gasteiger partial charge is 0.282 e. The largest absolute Gasteiger partial charge is 0.336 e. The molecule has 3 heteroatoms. The quantitative estimate of drug-likeness (QED) is 0.794. The molecule has 1 heterocycles. The molecule has 0 spiro atoms. The summed E-state index contributed by atoms with van der Waals surface area (Å²) in [5, 5.41) is 5.21. The van der Waals surface area contributed by atoms with E-state index in [1.165, 1.54) is 5.56 Å². The van der Waals surface area contributed by atoms with Crippen LogP contribution < -0.4 is 10.6 Å². The van der Waals surface area contributed by atoms with Crippen molar-refractivity contribution >= 4 is 11.6 Å². The molecule has 2 rings (SSSR count). The Kier molecular flexibility index (Phi) is 3.48. The van der Waals surface area contributed by atoms with Gasteiger partial charge in [0.05, 0.1) is 6.54 Å². The van der Waals surface area contributed by atoms with Crippen molar-refractivity contribution in [2.24, 2.45) is 0 Å². The van der Waals surface area contributed by atoms with Crippen LogP contribution in [0.25, 0.3) is 0 Å². The first-order valence-corrected chi connectivity index (χ1v) is 6.30. The Morgan fingerprint density at radius 1 is 1.29 bits per heavy atom. The van der Waals surface area contributed by atoms with Crippen LogP contribution in [-0.4, -0.2) is 18.5 Å². The maximum Gasteiger partial charge on any atom is 0.282 e. The molecule has 3 nitrogen and oxygen atoms in total. The van der Waals surface area contributed by atoms with Gasteiger partial charge >= 0.3 is 0 Å². The number of carbonyl (C=O) groups is 1. The molecule has 0 saturated carbocycles. The fourth-order valence-corrected chi connectivity index (χ4v) is 2.61. The van der Waals surface area contributed by atoms with Crippen LogP contribution in [0.15, 0.2) is 12.1 Å². The summed E-state index contributed by atoms with van der Waals surface area (Å²) in [4.78, 5) is 12.1. The number of hydrogen-bond donors (Lipinski definition) is 2. The summed E-state index contributed by atoms with van der Waals surface area (Å²) in [6.07, 6.45) is 2.14. The maximum absolute atomic E-state index is 12.1. The van der Waals surface area contributed by atoms with E-state index in [4.69, 9.17) is 0 Å².